The molecular formula is C20H22O8. The van der Waals surface area contributed by atoms with Crippen LogP contribution in [0.25, 0.3) is 0 Å². The van der Waals surface area contributed by atoms with Crippen molar-refractivity contribution in [1.82, 2.24) is 0 Å². The van der Waals surface area contributed by atoms with Gasteiger partial charge in [-0.15, -0.1) is 0 Å². The van der Waals surface area contributed by atoms with Gasteiger partial charge in [-0.3, -0.25) is 9.59 Å². The number of methoxy groups -OCH3 is 1. The average Bonchev–Trinajstić information content (AvgIpc) is 3.13. The number of hydrogen-bond acceptors (Lipinski definition) is 6. The second kappa shape index (κ2) is 6.54. The maximum atomic E-state index is 12.0. The Labute approximate surface area is 161 Å². The van der Waals surface area contributed by atoms with E-state index < -0.39 is 29.2 Å². The summed E-state index contributed by atoms with van der Waals surface area (Å²) in [5.74, 6) is -4.03. The van der Waals surface area contributed by atoms with Crippen molar-refractivity contribution in [3.8, 4) is 11.5 Å². The zero-order valence-corrected chi connectivity index (χ0v) is 16.1. The summed E-state index contributed by atoms with van der Waals surface area (Å²) in [6.45, 7) is 5.07. The van der Waals surface area contributed by atoms with E-state index in [1.807, 2.05) is 0 Å². The van der Waals surface area contributed by atoms with E-state index in [1.54, 1.807) is 20.8 Å². The van der Waals surface area contributed by atoms with Gasteiger partial charge in [0.05, 0.1) is 7.11 Å². The number of rotatable bonds is 5. The van der Waals surface area contributed by atoms with Crippen LogP contribution in [0.15, 0.2) is 11.1 Å². The summed E-state index contributed by atoms with van der Waals surface area (Å²) < 4.78 is 10.5. The van der Waals surface area contributed by atoms with Crippen LogP contribution in [0, 0.1) is 18.3 Å². The van der Waals surface area contributed by atoms with Gasteiger partial charge < -0.3 is 24.8 Å². The first-order valence-corrected chi connectivity index (χ1v) is 8.81. The summed E-state index contributed by atoms with van der Waals surface area (Å²) in [5.41, 5.74) is 0.907. The van der Waals surface area contributed by atoms with Crippen molar-refractivity contribution in [3.05, 3.63) is 33.4 Å². The van der Waals surface area contributed by atoms with Crippen molar-refractivity contribution in [3.63, 3.8) is 0 Å². The van der Waals surface area contributed by atoms with E-state index in [4.69, 9.17) is 9.47 Å². The van der Waals surface area contributed by atoms with Gasteiger partial charge in [0, 0.05) is 23.5 Å². The van der Waals surface area contributed by atoms with E-state index in [9.17, 15) is 29.7 Å². The number of aliphatic carboxylic acids is 2. The normalized spacial score (nSPS) is 20.1. The number of benzene rings is 1. The molecule has 1 unspecified atom stereocenters. The highest BCUT2D eigenvalue weighted by atomic mass is 16.5. The Balaban J connectivity index is 2.12. The van der Waals surface area contributed by atoms with Gasteiger partial charge in [-0.1, -0.05) is 18.1 Å². The van der Waals surface area contributed by atoms with Gasteiger partial charge in [0.25, 0.3) is 0 Å². The van der Waals surface area contributed by atoms with Gasteiger partial charge >= 0.3 is 17.9 Å². The molecule has 0 fully saturated rings. The lowest BCUT2D eigenvalue weighted by molar-refractivity contribution is -0.166. The van der Waals surface area contributed by atoms with Crippen LogP contribution in [-0.4, -0.2) is 40.3 Å². The molecule has 3 rings (SSSR count). The molecule has 0 bridgehead atoms. The van der Waals surface area contributed by atoms with Crippen molar-refractivity contribution >= 4 is 17.9 Å². The van der Waals surface area contributed by atoms with E-state index in [-0.39, 0.29) is 30.8 Å². The Morgan fingerprint density at radius 3 is 2.36 bits per heavy atom. The minimum Gasteiger partial charge on any atom is -0.507 e. The highest BCUT2D eigenvalue weighted by molar-refractivity contribution is 6.00. The number of carboxylic acid groups (broad SMARTS) is 2. The van der Waals surface area contributed by atoms with Crippen molar-refractivity contribution in [1.29, 1.82) is 0 Å². The molecule has 8 nitrogen and oxygen atoms in total. The van der Waals surface area contributed by atoms with E-state index in [0.717, 1.165) is 0 Å². The number of phenolic OH excluding ortho intramolecular Hbond substituents is 1. The molecule has 8 heteroatoms. The molecule has 0 radical (unpaired) electrons. The molecule has 0 amide bonds. The van der Waals surface area contributed by atoms with Crippen molar-refractivity contribution in [2.75, 3.05) is 7.11 Å². The molecule has 0 saturated carbocycles. The number of esters is 1. The summed E-state index contributed by atoms with van der Waals surface area (Å²) in [4.78, 5) is 35.7. The van der Waals surface area contributed by atoms with Crippen LogP contribution < -0.4 is 4.74 Å². The Kier molecular flexibility index (Phi) is 4.61. The van der Waals surface area contributed by atoms with E-state index in [2.05, 4.69) is 0 Å². The van der Waals surface area contributed by atoms with Crippen molar-refractivity contribution < 1.29 is 39.2 Å². The lowest BCUT2D eigenvalue weighted by Crippen LogP contribution is -2.42. The lowest BCUT2D eigenvalue weighted by Gasteiger charge is -2.25. The molecule has 1 atom stereocenters. The maximum Gasteiger partial charge on any atom is 0.342 e. The maximum absolute atomic E-state index is 12.0. The minimum atomic E-state index is -1.95. The number of carbonyl (C=O) groups excluding carboxylic acids is 1. The smallest absolute Gasteiger partial charge is 0.342 e. The summed E-state index contributed by atoms with van der Waals surface area (Å²) in [6.07, 6.45) is -0.108. The minimum absolute atomic E-state index is 0.0457. The third-order valence-corrected chi connectivity index (χ3v) is 6.24. The van der Waals surface area contributed by atoms with Crippen molar-refractivity contribution in [2.45, 2.75) is 40.2 Å². The van der Waals surface area contributed by atoms with Crippen LogP contribution in [0.3, 0.4) is 0 Å². The van der Waals surface area contributed by atoms with Gasteiger partial charge in [-0.05, 0) is 25.8 Å². The monoisotopic (exact) mass is 390 g/mol. The number of carbonyl (C=O) groups is 3. The quantitative estimate of drug-likeness (QED) is 0.397. The second-order valence-electron chi connectivity index (χ2n) is 7.36. The molecule has 1 heterocycles. The summed E-state index contributed by atoms with van der Waals surface area (Å²) in [5, 5.41) is 30.0. The van der Waals surface area contributed by atoms with Crippen LogP contribution in [0.1, 0.15) is 47.3 Å². The molecule has 0 spiro atoms. The standard InChI is InChI=1S/C20H22O8/c1-8-10(3)20(18(23)24,19(25)26)6-11(8)5-12-15(21)14-13(7-28-17(14)22)9(2)16(12)27-4/h10,21H,5-7H2,1-4H3,(H,23,24)(H,25,26). The number of hydrogen-bond donors (Lipinski definition) is 3. The molecule has 0 aromatic heterocycles. The fourth-order valence-electron chi connectivity index (χ4n) is 4.34. The van der Waals surface area contributed by atoms with Gasteiger partial charge in [0.1, 0.15) is 23.7 Å². The largest absolute Gasteiger partial charge is 0.507 e. The van der Waals surface area contributed by atoms with Gasteiger partial charge in [-0.2, -0.15) is 0 Å². The molecule has 1 aromatic carbocycles. The third kappa shape index (κ3) is 2.47. The Hall–Kier alpha value is -3.03. The summed E-state index contributed by atoms with van der Waals surface area (Å²) >= 11 is 0. The molecule has 1 aromatic rings. The molecule has 2 aliphatic rings. The molecule has 1 aliphatic heterocycles. The average molecular weight is 390 g/mol. The molecule has 3 N–H and O–H groups in total. The van der Waals surface area contributed by atoms with Crippen LogP contribution in [0.5, 0.6) is 11.5 Å². The van der Waals surface area contributed by atoms with E-state index >= 15 is 0 Å². The predicted molar refractivity (Wildman–Crippen MR) is 96.4 cm³/mol. The van der Waals surface area contributed by atoms with Crippen LogP contribution in [0.4, 0.5) is 0 Å². The fraction of sp³-hybridized carbons (Fsp3) is 0.450. The number of carboxylic acids is 2. The first-order valence-electron chi connectivity index (χ1n) is 8.81. The first-order chi connectivity index (χ1) is 13.1. The lowest BCUT2D eigenvalue weighted by atomic mass is 9.76. The van der Waals surface area contributed by atoms with Gasteiger partial charge in [0.15, 0.2) is 5.41 Å². The van der Waals surface area contributed by atoms with Crippen molar-refractivity contribution in [2.24, 2.45) is 11.3 Å². The Bertz CT molecular complexity index is 926. The second-order valence-corrected chi connectivity index (χ2v) is 7.36. The molecular weight excluding hydrogens is 368 g/mol. The van der Waals surface area contributed by atoms with E-state index in [0.29, 0.717) is 33.6 Å². The topological polar surface area (TPSA) is 130 Å². The Morgan fingerprint density at radius 2 is 1.86 bits per heavy atom. The number of phenols is 1. The number of ether oxygens (including phenoxy) is 2. The molecule has 1 aliphatic carbocycles. The number of allylic oxidation sites excluding steroid dienone is 2. The zero-order chi connectivity index (χ0) is 21.0. The Morgan fingerprint density at radius 1 is 1.25 bits per heavy atom. The number of fused-ring (bicyclic) bond motifs is 1. The first kappa shape index (κ1) is 19.7. The molecule has 0 saturated heterocycles. The number of cyclic esters (lactones) is 1. The summed E-state index contributed by atoms with van der Waals surface area (Å²) in [7, 11) is 1.44. The predicted octanol–water partition coefficient (Wildman–Crippen LogP) is 2.43. The van der Waals surface area contributed by atoms with Gasteiger partial charge in [-0.25, -0.2) is 4.79 Å². The third-order valence-electron chi connectivity index (χ3n) is 6.24. The van der Waals surface area contributed by atoms with Crippen LogP contribution in [0.2, 0.25) is 0 Å². The van der Waals surface area contributed by atoms with Crippen LogP contribution >= 0.6 is 0 Å². The summed E-state index contributed by atoms with van der Waals surface area (Å²) in [6, 6.07) is 0. The molecule has 150 valence electrons. The highest BCUT2D eigenvalue weighted by Gasteiger charge is 2.56. The highest BCUT2D eigenvalue weighted by Crippen LogP contribution is 2.50. The van der Waals surface area contributed by atoms with Gasteiger partial charge in [0.2, 0.25) is 0 Å². The number of aromatic hydroxyl groups is 1. The fourth-order valence-corrected chi connectivity index (χ4v) is 4.34. The molecule has 28 heavy (non-hydrogen) atoms. The zero-order valence-electron chi connectivity index (χ0n) is 16.1. The SMILES string of the molecule is COc1c(C)c2c(c(O)c1CC1=C(C)C(C)C(C(=O)O)(C(=O)O)C1)C(=O)OC2. The van der Waals surface area contributed by atoms with Crippen LogP contribution in [-0.2, 0) is 27.4 Å². The van der Waals surface area contributed by atoms with E-state index in [1.165, 1.54) is 7.11 Å².